The number of rotatable bonds is 5. The third kappa shape index (κ3) is 4.36. The third-order valence-electron chi connectivity index (χ3n) is 3.18. The molecule has 0 radical (unpaired) electrons. The summed E-state index contributed by atoms with van der Waals surface area (Å²) >= 11 is 15.8. The number of hydrogen-bond donors (Lipinski definition) is 1. The molecular formula is C16H16BrCl2NO. The molecule has 2 aromatic rings. The van der Waals surface area contributed by atoms with Gasteiger partial charge in [-0.25, -0.2) is 0 Å². The second kappa shape index (κ2) is 7.50. The number of nitrogens with two attached hydrogens (primary N) is 1. The molecule has 0 amide bonds. The fourth-order valence-corrected chi connectivity index (χ4v) is 2.87. The Morgan fingerprint density at radius 1 is 1.14 bits per heavy atom. The lowest BCUT2D eigenvalue weighted by atomic mass is 10.0. The van der Waals surface area contributed by atoms with Crippen LogP contribution in [0.15, 0.2) is 40.9 Å². The van der Waals surface area contributed by atoms with E-state index in [1.54, 1.807) is 6.07 Å². The van der Waals surface area contributed by atoms with Gasteiger partial charge in [-0.3, -0.25) is 0 Å². The van der Waals surface area contributed by atoms with E-state index in [0.29, 0.717) is 28.0 Å². The van der Waals surface area contributed by atoms with Crippen LogP contribution < -0.4 is 10.5 Å². The Bertz CT molecular complexity index is 634. The highest BCUT2D eigenvalue weighted by atomic mass is 79.9. The fraction of sp³-hybridized carbons (Fsp3) is 0.250. The molecule has 1 atom stereocenters. The molecule has 0 aromatic heterocycles. The van der Waals surface area contributed by atoms with E-state index in [0.717, 1.165) is 16.5 Å². The van der Waals surface area contributed by atoms with E-state index in [9.17, 15) is 0 Å². The van der Waals surface area contributed by atoms with Crippen LogP contribution in [0.1, 0.15) is 18.9 Å². The van der Waals surface area contributed by atoms with E-state index in [2.05, 4.69) is 15.9 Å². The second-order valence-electron chi connectivity index (χ2n) is 4.77. The Morgan fingerprint density at radius 2 is 1.90 bits per heavy atom. The van der Waals surface area contributed by atoms with Crippen molar-refractivity contribution < 1.29 is 4.74 Å². The quantitative estimate of drug-likeness (QED) is 0.699. The SMILES string of the molecule is CCC(N)Cc1c(Cl)cccc1Oc1ccc(Br)cc1Cl. The minimum Gasteiger partial charge on any atom is -0.455 e. The average molecular weight is 389 g/mol. The lowest BCUT2D eigenvalue weighted by Crippen LogP contribution is -2.21. The van der Waals surface area contributed by atoms with Gasteiger partial charge in [-0.15, -0.1) is 0 Å². The van der Waals surface area contributed by atoms with Crippen LogP contribution in [0.2, 0.25) is 10.0 Å². The van der Waals surface area contributed by atoms with Crippen LogP contribution in [-0.2, 0) is 6.42 Å². The highest BCUT2D eigenvalue weighted by molar-refractivity contribution is 9.10. The second-order valence-corrected chi connectivity index (χ2v) is 6.50. The summed E-state index contributed by atoms with van der Waals surface area (Å²) in [6.07, 6.45) is 1.54. The van der Waals surface area contributed by atoms with Gasteiger partial charge in [0.2, 0.25) is 0 Å². The molecule has 2 nitrogen and oxygen atoms in total. The maximum Gasteiger partial charge on any atom is 0.146 e. The lowest BCUT2D eigenvalue weighted by Gasteiger charge is -2.16. The molecule has 0 saturated heterocycles. The number of ether oxygens (including phenoxy) is 1. The molecule has 1 unspecified atom stereocenters. The minimum absolute atomic E-state index is 0.0487. The van der Waals surface area contributed by atoms with Gasteiger partial charge in [0.1, 0.15) is 11.5 Å². The Balaban J connectivity index is 2.33. The number of halogens is 3. The van der Waals surface area contributed by atoms with Gasteiger partial charge in [0.15, 0.2) is 0 Å². The first kappa shape index (κ1) is 16.6. The van der Waals surface area contributed by atoms with Crippen LogP contribution >= 0.6 is 39.1 Å². The molecule has 0 spiro atoms. The van der Waals surface area contributed by atoms with Crippen LogP contribution in [0.5, 0.6) is 11.5 Å². The molecule has 0 bridgehead atoms. The molecule has 2 rings (SSSR count). The molecular weight excluding hydrogens is 373 g/mol. The maximum atomic E-state index is 6.29. The molecule has 5 heteroatoms. The maximum absolute atomic E-state index is 6.29. The van der Waals surface area contributed by atoms with Crippen molar-refractivity contribution in [2.45, 2.75) is 25.8 Å². The number of hydrogen-bond acceptors (Lipinski definition) is 2. The molecule has 0 aliphatic rings. The molecule has 0 aliphatic carbocycles. The summed E-state index contributed by atoms with van der Waals surface area (Å²) in [7, 11) is 0. The Labute approximate surface area is 143 Å². The van der Waals surface area contributed by atoms with Crippen molar-refractivity contribution in [2.75, 3.05) is 0 Å². The standard InChI is InChI=1S/C16H16BrCl2NO/c1-2-11(20)9-12-13(18)4-3-5-15(12)21-16-7-6-10(17)8-14(16)19/h3-8,11H,2,9,20H2,1H3. The zero-order valence-corrected chi connectivity index (χ0v) is 14.7. The summed E-state index contributed by atoms with van der Waals surface area (Å²) in [5, 5.41) is 1.19. The molecule has 0 aliphatic heterocycles. The van der Waals surface area contributed by atoms with Gasteiger partial charge in [-0.2, -0.15) is 0 Å². The number of benzene rings is 2. The summed E-state index contributed by atoms with van der Waals surface area (Å²) in [6, 6.07) is 11.1. The van der Waals surface area contributed by atoms with E-state index in [1.165, 1.54) is 0 Å². The van der Waals surface area contributed by atoms with Gasteiger partial charge in [0, 0.05) is 21.1 Å². The lowest BCUT2D eigenvalue weighted by molar-refractivity contribution is 0.472. The Kier molecular flexibility index (Phi) is 5.94. The van der Waals surface area contributed by atoms with E-state index >= 15 is 0 Å². The average Bonchev–Trinajstić information content (AvgIpc) is 2.45. The highest BCUT2D eigenvalue weighted by Crippen LogP contribution is 2.35. The van der Waals surface area contributed by atoms with Crippen LogP contribution in [0.3, 0.4) is 0 Å². The first-order valence-electron chi connectivity index (χ1n) is 6.67. The molecule has 0 fully saturated rings. The Hall–Kier alpha value is -0.740. The largest absolute Gasteiger partial charge is 0.455 e. The van der Waals surface area contributed by atoms with Gasteiger partial charge in [-0.05, 0) is 43.2 Å². The first-order chi connectivity index (χ1) is 10.0. The van der Waals surface area contributed by atoms with Crippen molar-refractivity contribution in [1.82, 2.24) is 0 Å². The third-order valence-corrected chi connectivity index (χ3v) is 4.32. The van der Waals surface area contributed by atoms with E-state index in [4.69, 9.17) is 33.7 Å². The first-order valence-corrected chi connectivity index (χ1v) is 8.22. The summed E-state index contributed by atoms with van der Waals surface area (Å²) in [5.74, 6) is 1.28. The molecule has 0 saturated carbocycles. The van der Waals surface area contributed by atoms with Crippen molar-refractivity contribution in [1.29, 1.82) is 0 Å². The topological polar surface area (TPSA) is 35.2 Å². The summed E-state index contributed by atoms with van der Waals surface area (Å²) in [4.78, 5) is 0. The molecule has 2 aromatic carbocycles. The van der Waals surface area contributed by atoms with Crippen molar-refractivity contribution in [2.24, 2.45) is 5.73 Å². The van der Waals surface area contributed by atoms with Crippen LogP contribution in [0, 0.1) is 0 Å². The zero-order valence-electron chi connectivity index (χ0n) is 11.6. The van der Waals surface area contributed by atoms with Crippen LogP contribution in [-0.4, -0.2) is 6.04 Å². The normalized spacial score (nSPS) is 12.2. The zero-order chi connectivity index (χ0) is 15.4. The van der Waals surface area contributed by atoms with E-state index in [1.807, 2.05) is 37.3 Å². The monoisotopic (exact) mass is 387 g/mol. The van der Waals surface area contributed by atoms with E-state index < -0.39 is 0 Å². The van der Waals surface area contributed by atoms with E-state index in [-0.39, 0.29) is 6.04 Å². The summed E-state index contributed by atoms with van der Waals surface area (Å²) in [5.41, 5.74) is 6.95. The van der Waals surface area contributed by atoms with Gasteiger partial charge in [-0.1, -0.05) is 52.1 Å². The molecule has 2 N–H and O–H groups in total. The van der Waals surface area contributed by atoms with Gasteiger partial charge < -0.3 is 10.5 Å². The van der Waals surface area contributed by atoms with Crippen molar-refractivity contribution in [3.05, 3.63) is 56.5 Å². The summed E-state index contributed by atoms with van der Waals surface area (Å²) < 4.78 is 6.83. The Morgan fingerprint density at radius 3 is 2.57 bits per heavy atom. The highest BCUT2D eigenvalue weighted by Gasteiger charge is 2.13. The predicted octanol–water partition coefficient (Wildman–Crippen LogP) is 5.83. The van der Waals surface area contributed by atoms with Crippen molar-refractivity contribution in [3.8, 4) is 11.5 Å². The molecule has 0 heterocycles. The van der Waals surface area contributed by atoms with Gasteiger partial charge in [0.05, 0.1) is 5.02 Å². The van der Waals surface area contributed by atoms with Crippen LogP contribution in [0.25, 0.3) is 0 Å². The molecule has 112 valence electrons. The van der Waals surface area contributed by atoms with Gasteiger partial charge >= 0.3 is 0 Å². The smallest absolute Gasteiger partial charge is 0.146 e. The minimum atomic E-state index is 0.0487. The summed E-state index contributed by atoms with van der Waals surface area (Å²) in [6.45, 7) is 2.05. The predicted molar refractivity (Wildman–Crippen MR) is 92.6 cm³/mol. The van der Waals surface area contributed by atoms with Crippen molar-refractivity contribution >= 4 is 39.1 Å². The van der Waals surface area contributed by atoms with Gasteiger partial charge in [0.25, 0.3) is 0 Å². The fourth-order valence-electron chi connectivity index (χ4n) is 1.92. The molecule has 21 heavy (non-hydrogen) atoms. The van der Waals surface area contributed by atoms with Crippen LogP contribution in [0.4, 0.5) is 0 Å². The van der Waals surface area contributed by atoms with Crippen molar-refractivity contribution in [3.63, 3.8) is 0 Å².